The zero-order valence-electron chi connectivity index (χ0n) is 18.8. The van der Waals surface area contributed by atoms with Crippen LogP contribution in [0.4, 0.5) is 8.78 Å². The number of fused-ring (bicyclic) bond motifs is 1. The second-order valence-corrected chi connectivity index (χ2v) is 9.39. The topological polar surface area (TPSA) is 81.3 Å². The first kappa shape index (κ1) is 24.0. The van der Waals surface area contributed by atoms with Crippen LogP contribution in [0.2, 0.25) is 0 Å². The largest absolute Gasteiger partial charge is 0.501 e. The lowest BCUT2D eigenvalue weighted by Gasteiger charge is -2.13. The number of halogens is 2. The van der Waals surface area contributed by atoms with E-state index in [1.54, 1.807) is 25.1 Å². The summed E-state index contributed by atoms with van der Waals surface area (Å²) in [6, 6.07) is 14.1. The van der Waals surface area contributed by atoms with Crippen LogP contribution in [-0.2, 0) is 14.8 Å². The van der Waals surface area contributed by atoms with Crippen molar-refractivity contribution in [3.8, 4) is 17.6 Å². The van der Waals surface area contributed by atoms with Crippen LogP contribution in [0.25, 0.3) is 17.0 Å². The van der Waals surface area contributed by atoms with Crippen LogP contribution in [-0.4, -0.2) is 19.0 Å². The quantitative estimate of drug-likeness (QED) is 0.289. The molecule has 0 amide bonds. The molecule has 4 aromatic rings. The summed E-state index contributed by atoms with van der Waals surface area (Å²) in [5.74, 6) is -1.77. The molecule has 1 heterocycles. The lowest BCUT2D eigenvalue weighted by Crippen LogP contribution is -2.12. The second kappa shape index (κ2) is 9.60. The molecule has 1 aromatic heterocycles. The maximum absolute atomic E-state index is 15.4. The van der Waals surface area contributed by atoms with Gasteiger partial charge in [-0.05, 0) is 50.3 Å². The van der Waals surface area contributed by atoms with Crippen molar-refractivity contribution >= 4 is 27.0 Å². The molecule has 6 nitrogen and oxygen atoms in total. The lowest BCUT2D eigenvalue weighted by atomic mass is 10.1. The molecular weight excluding hydrogens is 474 g/mol. The number of aryl methyl sites for hydroxylation is 1. The molecule has 0 bridgehead atoms. The van der Waals surface area contributed by atoms with Gasteiger partial charge >= 0.3 is 0 Å². The SMILES string of the molecule is CCO/C=C\c1c(Oc2ccc(F)c(C#N)c2)c(F)cc2c1ccn2S(=O)(=O)c1ccc(C)cc1. The maximum atomic E-state index is 15.4. The van der Waals surface area contributed by atoms with Crippen molar-refractivity contribution in [2.75, 3.05) is 6.61 Å². The van der Waals surface area contributed by atoms with Gasteiger partial charge in [0.2, 0.25) is 0 Å². The summed E-state index contributed by atoms with van der Waals surface area (Å²) < 4.78 is 67.6. The smallest absolute Gasteiger partial charge is 0.268 e. The van der Waals surface area contributed by atoms with Gasteiger partial charge in [0.15, 0.2) is 11.6 Å². The normalized spacial score (nSPS) is 11.6. The minimum absolute atomic E-state index is 0.0407. The predicted octanol–water partition coefficient (Wildman–Crippen LogP) is 6.14. The van der Waals surface area contributed by atoms with Crippen molar-refractivity contribution in [1.29, 1.82) is 5.26 Å². The van der Waals surface area contributed by atoms with Crippen molar-refractivity contribution in [2.45, 2.75) is 18.7 Å². The number of hydrogen-bond acceptors (Lipinski definition) is 5. The molecule has 9 heteroatoms. The summed E-state index contributed by atoms with van der Waals surface area (Å²) in [5, 5.41) is 9.47. The van der Waals surface area contributed by atoms with Gasteiger partial charge in [-0.2, -0.15) is 5.26 Å². The highest BCUT2D eigenvalue weighted by Gasteiger charge is 2.23. The molecule has 4 rings (SSSR count). The lowest BCUT2D eigenvalue weighted by molar-refractivity contribution is 0.272. The van der Waals surface area contributed by atoms with Crippen LogP contribution in [0.5, 0.6) is 11.5 Å². The molecule has 0 N–H and O–H groups in total. The van der Waals surface area contributed by atoms with E-state index < -0.39 is 21.7 Å². The van der Waals surface area contributed by atoms with Crippen molar-refractivity contribution in [3.63, 3.8) is 0 Å². The summed E-state index contributed by atoms with van der Waals surface area (Å²) in [6.07, 6.45) is 4.15. The number of rotatable bonds is 7. The molecule has 0 fully saturated rings. The fraction of sp³-hybridized carbons (Fsp3) is 0.115. The average Bonchev–Trinajstić information content (AvgIpc) is 3.26. The van der Waals surface area contributed by atoms with E-state index in [0.29, 0.717) is 12.0 Å². The minimum Gasteiger partial charge on any atom is -0.501 e. The molecule has 0 spiro atoms. The Balaban J connectivity index is 1.89. The Morgan fingerprint density at radius 2 is 1.80 bits per heavy atom. The molecule has 3 aromatic carbocycles. The van der Waals surface area contributed by atoms with Gasteiger partial charge in [-0.25, -0.2) is 21.2 Å². The Morgan fingerprint density at radius 3 is 2.49 bits per heavy atom. The molecule has 178 valence electrons. The van der Waals surface area contributed by atoms with Gasteiger partial charge in [-0.1, -0.05) is 17.7 Å². The van der Waals surface area contributed by atoms with Gasteiger partial charge in [0.1, 0.15) is 17.6 Å². The van der Waals surface area contributed by atoms with E-state index in [0.717, 1.165) is 27.7 Å². The zero-order valence-corrected chi connectivity index (χ0v) is 19.6. The standard InChI is InChI=1S/C26H20F2N2O4S/c1-3-33-13-11-22-21-10-12-30(35(31,32)20-7-4-17(2)5-8-20)25(21)15-24(28)26(22)34-19-6-9-23(27)18(14-19)16-29/h4-15H,3H2,1-2H3/b13-11-. The van der Waals surface area contributed by atoms with E-state index in [1.807, 2.05) is 6.92 Å². The molecule has 0 saturated heterocycles. The van der Waals surface area contributed by atoms with E-state index in [1.165, 1.54) is 42.8 Å². The zero-order chi connectivity index (χ0) is 25.2. The van der Waals surface area contributed by atoms with Gasteiger partial charge < -0.3 is 9.47 Å². The van der Waals surface area contributed by atoms with E-state index in [4.69, 9.17) is 14.7 Å². The highest BCUT2D eigenvalue weighted by molar-refractivity contribution is 7.90. The number of benzene rings is 3. The number of aromatic nitrogens is 1. The average molecular weight is 495 g/mol. The second-order valence-electron chi connectivity index (χ2n) is 7.58. The summed E-state index contributed by atoms with van der Waals surface area (Å²) in [6.45, 7) is 3.98. The molecule has 0 aliphatic rings. The first-order valence-electron chi connectivity index (χ1n) is 10.6. The first-order chi connectivity index (χ1) is 16.8. The molecule has 0 radical (unpaired) electrons. The molecule has 0 atom stereocenters. The van der Waals surface area contributed by atoms with Crippen molar-refractivity contribution in [2.24, 2.45) is 0 Å². The van der Waals surface area contributed by atoms with Crippen LogP contribution < -0.4 is 4.74 Å². The van der Waals surface area contributed by atoms with E-state index >= 15 is 4.39 Å². The summed E-state index contributed by atoms with van der Waals surface area (Å²) in [5.41, 5.74) is 0.959. The maximum Gasteiger partial charge on any atom is 0.268 e. The van der Waals surface area contributed by atoms with Gasteiger partial charge in [0, 0.05) is 29.3 Å². The van der Waals surface area contributed by atoms with E-state index in [9.17, 15) is 12.8 Å². The fourth-order valence-corrected chi connectivity index (χ4v) is 4.86. The van der Waals surface area contributed by atoms with Gasteiger partial charge in [0.05, 0.1) is 28.8 Å². The number of nitrogens with zero attached hydrogens (tertiary/aromatic N) is 2. The predicted molar refractivity (Wildman–Crippen MR) is 128 cm³/mol. The molecule has 35 heavy (non-hydrogen) atoms. The molecule has 0 unspecified atom stereocenters. The van der Waals surface area contributed by atoms with Crippen molar-refractivity contribution in [1.82, 2.24) is 3.97 Å². The molecule has 0 aliphatic carbocycles. The monoisotopic (exact) mass is 494 g/mol. The Kier molecular flexibility index (Phi) is 6.58. The summed E-state index contributed by atoms with van der Waals surface area (Å²) in [4.78, 5) is 0.0584. The van der Waals surface area contributed by atoms with Crippen LogP contribution in [0.15, 0.2) is 72.0 Å². The van der Waals surface area contributed by atoms with Gasteiger partial charge in [-0.3, -0.25) is 0 Å². The number of hydrogen-bond donors (Lipinski definition) is 0. The fourth-order valence-electron chi connectivity index (χ4n) is 3.52. The van der Waals surface area contributed by atoms with Crippen LogP contribution in [0.3, 0.4) is 0 Å². The highest BCUT2D eigenvalue weighted by Crippen LogP contribution is 2.37. The van der Waals surface area contributed by atoms with Crippen LogP contribution >= 0.6 is 0 Å². The Bertz CT molecular complexity index is 1580. The van der Waals surface area contributed by atoms with Crippen LogP contribution in [0.1, 0.15) is 23.6 Å². The number of nitriles is 1. The Labute approximate surface area is 201 Å². The summed E-state index contributed by atoms with van der Waals surface area (Å²) in [7, 11) is -4.01. The Morgan fingerprint density at radius 1 is 1.06 bits per heavy atom. The van der Waals surface area contributed by atoms with Crippen LogP contribution in [0, 0.1) is 29.9 Å². The summed E-state index contributed by atoms with van der Waals surface area (Å²) >= 11 is 0. The molecule has 0 saturated carbocycles. The van der Waals surface area contributed by atoms with Gasteiger partial charge in [-0.15, -0.1) is 0 Å². The third-order valence-electron chi connectivity index (χ3n) is 5.26. The van der Waals surface area contributed by atoms with E-state index in [-0.39, 0.29) is 33.0 Å². The molecule has 0 aliphatic heterocycles. The van der Waals surface area contributed by atoms with Crippen molar-refractivity contribution in [3.05, 3.63) is 95.4 Å². The third-order valence-corrected chi connectivity index (χ3v) is 6.96. The highest BCUT2D eigenvalue weighted by atomic mass is 32.2. The number of ether oxygens (including phenoxy) is 2. The van der Waals surface area contributed by atoms with Gasteiger partial charge in [0.25, 0.3) is 10.0 Å². The Hall–Kier alpha value is -4.16. The third kappa shape index (κ3) is 4.61. The minimum atomic E-state index is -4.01. The van der Waals surface area contributed by atoms with Crippen molar-refractivity contribution < 1.29 is 26.7 Å². The van der Waals surface area contributed by atoms with E-state index in [2.05, 4.69) is 0 Å². The molecular formula is C26H20F2N2O4S. The first-order valence-corrected chi connectivity index (χ1v) is 12.0.